The van der Waals surface area contributed by atoms with Crippen LogP contribution in [-0.2, 0) is 20.1 Å². The van der Waals surface area contributed by atoms with Crippen molar-refractivity contribution in [2.75, 3.05) is 0 Å². The molecule has 299 valence electrons. The first kappa shape index (κ1) is 40.9. The minimum atomic E-state index is 0. The van der Waals surface area contributed by atoms with Crippen molar-refractivity contribution >= 4 is 38.7 Å². The first-order chi connectivity index (χ1) is 29.4. The zero-order chi connectivity index (χ0) is 41.2. The molecule has 1 radical (unpaired) electrons. The summed E-state index contributed by atoms with van der Waals surface area (Å²) in [6.07, 6.45) is 1.71. The SMILES string of the molecule is CC(C)c1cc(-c2ccccc2)cc(C(C)C)c1-n1c(-c2[c-]ccc3c2oc2cc(-c4ccccc4)ccc23)nc2ccccc21.[C-]#[N+]c1ccc[c-]c1-c1ccccn1.[Ir]. The molecular weight excluding hydrogens is 925 g/mol. The standard InChI is InChI=1S/C43H35N2O.C12H7N2.Ir/c1-27(2)36-24-32(30-16-9-6-10-17-30)25-37(28(3)4)41(36)45-39-21-12-11-20-38(39)44-43(45)35-19-13-18-34-33-23-22-31(26-40(33)46-42(34)35)29-14-7-5-8-15-29;1-13-11-7-3-2-6-10(11)12-8-4-5-9-14-12;/h5-18,20-28H,1-4H3;2-5,7-9H;/q2*-1;. The smallest absolute Gasteiger partial charge is 0.235 e. The first-order valence-corrected chi connectivity index (χ1v) is 20.3. The van der Waals surface area contributed by atoms with Crippen LogP contribution in [0.2, 0.25) is 0 Å². The van der Waals surface area contributed by atoms with Crippen molar-refractivity contribution in [3.8, 4) is 50.6 Å². The molecule has 7 aromatic carbocycles. The van der Waals surface area contributed by atoms with E-state index in [1.807, 2.05) is 30.3 Å². The number of imidazole rings is 1. The molecule has 0 N–H and O–H groups in total. The van der Waals surface area contributed by atoms with Crippen LogP contribution >= 0.6 is 0 Å². The topological polar surface area (TPSA) is 48.2 Å². The van der Waals surface area contributed by atoms with Crippen molar-refractivity contribution in [2.24, 2.45) is 0 Å². The summed E-state index contributed by atoms with van der Waals surface area (Å²) in [4.78, 5) is 12.9. The van der Waals surface area contributed by atoms with E-state index in [0.717, 1.165) is 61.2 Å². The molecule has 0 amide bonds. The second-order valence-corrected chi connectivity index (χ2v) is 15.5. The van der Waals surface area contributed by atoms with Crippen LogP contribution in [0.15, 0.2) is 174 Å². The van der Waals surface area contributed by atoms with E-state index >= 15 is 0 Å². The summed E-state index contributed by atoms with van der Waals surface area (Å²) >= 11 is 0. The molecule has 3 heterocycles. The van der Waals surface area contributed by atoms with Crippen molar-refractivity contribution in [1.29, 1.82) is 0 Å². The Morgan fingerprint density at radius 1 is 0.607 bits per heavy atom. The monoisotopic (exact) mass is 967 g/mol. The van der Waals surface area contributed by atoms with Gasteiger partial charge in [0.15, 0.2) is 0 Å². The van der Waals surface area contributed by atoms with Crippen molar-refractivity contribution < 1.29 is 24.5 Å². The molecule has 0 aliphatic heterocycles. The Kier molecular flexibility index (Phi) is 11.9. The first-order valence-electron chi connectivity index (χ1n) is 20.3. The summed E-state index contributed by atoms with van der Waals surface area (Å²) in [6.45, 7) is 16.1. The Hall–Kier alpha value is -6.90. The molecule has 10 aromatic rings. The third kappa shape index (κ3) is 7.95. The van der Waals surface area contributed by atoms with E-state index in [1.165, 1.54) is 33.5 Å². The third-order valence-electron chi connectivity index (χ3n) is 10.9. The fraction of sp³-hybridized carbons (Fsp3) is 0.109. The molecule has 3 aromatic heterocycles. The van der Waals surface area contributed by atoms with Gasteiger partial charge in [0.2, 0.25) is 5.69 Å². The Morgan fingerprint density at radius 3 is 1.93 bits per heavy atom. The number of benzene rings is 7. The second-order valence-electron chi connectivity index (χ2n) is 15.5. The molecule has 0 atom stereocenters. The van der Waals surface area contributed by atoms with E-state index in [9.17, 15) is 0 Å². The van der Waals surface area contributed by atoms with Gasteiger partial charge >= 0.3 is 0 Å². The summed E-state index contributed by atoms with van der Waals surface area (Å²) in [5.74, 6) is 1.41. The number of nitrogens with zero attached hydrogens (tertiary/aromatic N) is 4. The van der Waals surface area contributed by atoms with Crippen molar-refractivity contribution in [1.82, 2.24) is 14.5 Å². The van der Waals surface area contributed by atoms with Gasteiger partial charge in [-0.2, -0.15) is 4.85 Å². The molecule has 0 spiro atoms. The van der Waals surface area contributed by atoms with Gasteiger partial charge in [-0.15, -0.1) is 36.4 Å². The van der Waals surface area contributed by atoms with E-state index in [2.05, 4.69) is 169 Å². The fourth-order valence-electron chi connectivity index (χ4n) is 7.99. The van der Waals surface area contributed by atoms with Crippen molar-refractivity contribution in [3.63, 3.8) is 0 Å². The van der Waals surface area contributed by atoms with Gasteiger partial charge < -0.3 is 14.0 Å². The summed E-state index contributed by atoms with van der Waals surface area (Å²) in [7, 11) is 0. The number of rotatable bonds is 7. The Morgan fingerprint density at radius 2 is 1.26 bits per heavy atom. The maximum Gasteiger partial charge on any atom is 0.235 e. The number of para-hydroxylation sites is 2. The van der Waals surface area contributed by atoms with E-state index < -0.39 is 0 Å². The van der Waals surface area contributed by atoms with Gasteiger partial charge in [0, 0.05) is 37.4 Å². The molecular formula is C55H42IrN4O-2. The predicted octanol–water partition coefficient (Wildman–Crippen LogP) is 15.1. The Bertz CT molecular complexity index is 3130. The van der Waals surface area contributed by atoms with Crippen LogP contribution in [0.3, 0.4) is 0 Å². The molecule has 6 heteroatoms. The Balaban J connectivity index is 0.000000291. The second kappa shape index (κ2) is 17.8. The van der Waals surface area contributed by atoms with Gasteiger partial charge in [-0.3, -0.25) is 4.98 Å². The largest absolute Gasteiger partial charge is 0.501 e. The molecule has 5 nitrogen and oxygen atoms in total. The van der Waals surface area contributed by atoms with E-state index in [4.69, 9.17) is 16.0 Å². The zero-order valence-electron chi connectivity index (χ0n) is 34.4. The molecule has 61 heavy (non-hydrogen) atoms. The van der Waals surface area contributed by atoms with Crippen LogP contribution in [0.4, 0.5) is 5.69 Å². The van der Waals surface area contributed by atoms with Crippen LogP contribution in [0.5, 0.6) is 0 Å². The molecule has 0 unspecified atom stereocenters. The van der Waals surface area contributed by atoms with E-state index in [0.29, 0.717) is 5.69 Å². The zero-order valence-corrected chi connectivity index (χ0v) is 36.7. The predicted molar refractivity (Wildman–Crippen MR) is 246 cm³/mol. The van der Waals surface area contributed by atoms with Crippen molar-refractivity contribution in [2.45, 2.75) is 39.5 Å². The molecule has 10 rings (SSSR count). The molecule has 0 fully saturated rings. The van der Waals surface area contributed by atoms with Gasteiger partial charge in [-0.1, -0.05) is 142 Å². The molecule has 0 bridgehead atoms. The Labute approximate surface area is 370 Å². The number of furan rings is 1. The van der Waals surface area contributed by atoms with E-state index in [-0.39, 0.29) is 31.9 Å². The molecule has 0 aliphatic rings. The third-order valence-corrected chi connectivity index (χ3v) is 10.9. The van der Waals surface area contributed by atoms with Crippen LogP contribution in [0, 0.1) is 18.7 Å². The number of aromatic nitrogens is 3. The quantitative estimate of drug-likeness (QED) is 0.150. The van der Waals surface area contributed by atoms with Gasteiger partial charge in [0.1, 0.15) is 12.2 Å². The minimum Gasteiger partial charge on any atom is -0.501 e. The van der Waals surface area contributed by atoms with Gasteiger partial charge in [0.25, 0.3) is 0 Å². The van der Waals surface area contributed by atoms with Gasteiger partial charge in [-0.25, -0.2) is 0 Å². The van der Waals surface area contributed by atoms with Crippen molar-refractivity contribution in [3.05, 3.63) is 205 Å². The molecule has 0 saturated carbocycles. The van der Waals surface area contributed by atoms with E-state index in [1.54, 1.807) is 24.4 Å². The minimum absolute atomic E-state index is 0. The summed E-state index contributed by atoms with van der Waals surface area (Å²) in [5.41, 5.74) is 15.2. The van der Waals surface area contributed by atoms with Crippen LogP contribution in [0.25, 0.3) is 88.4 Å². The maximum atomic E-state index is 7.01. The van der Waals surface area contributed by atoms with Gasteiger partial charge in [0.05, 0.1) is 22.4 Å². The van der Waals surface area contributed by atoms with Gasteiger partial charge in [-0.05, 0) is 92.9 Å². The fourth-order valence-corrected chi connectivity index (χ4v) is 7.99. The summed E-state index contributed by atoms with van der Waals surface area (Å²) < 4.78 is 9.10. The molecule has 0 aliphatic carbocycles. The number of hydrogen-bond donors (Lipinski definition) is 0. The maximum absolute atomic E-state index is 7.01. The normalized spacial score (nSPS) is 11.1. The van der Waals surface area contributed by atoms with Crippen LogP contribution < -0.4 is 0 Å². The van der Waals surface area contributed by atoms with Crippen LogP contribution in [-0.4, -0.2) is 14.5 Å². The van der Waals surface area contributed by atoms with Crippen LogP contribution in [0.1, 0.15) is 50.7 Å². The summed E-state index contributed by atoms with van der Waals surface area (Å²) in [5, 5.41) is 2.15. The summed E-state index contributed by atoms with van der Waals surface area (Å²) in [6, 6.07) is 62.5. The number of fused-ring (bicyclic) bond motifs is 4. The average molecular weight is 967 g/mol. The average Bonchev–Trinajstić information content (AvgIpc) is 3.88. The number of hydrogen-bond acceptors (Lipinski definition) is 3. The number of pyridine rings is 1. The molecule has 0 saturated heterocycles.